The molecule has 0 amide bonds. The summed E-state index contributed by atoms with van der Waals surface area (Å²) in [7, 11) is 3.21. The number of aliphatic imine (C=N–C) groups is 1. The lowest BCUT2D eigenvalue weighted by molar-refractivity contribution is -0.274. The second-order valence-corrected chi connectivity index (χ2v) is 5.03. The first-order valence-corrected chi connectivity index (χ1v) is 7.34. The van der Waals surface area contributed by atoms with E-state index in [2.05, 4.69) is 20.4 Å². The van der Waals surface area contributed by atoms with Gasteiger partial charge in [0.15, 0.2) is 5.75 Å². The van der Waals surface area contributed by atoms with E-state index in [-0.39, 0.29) is 11.4 Å². The van der Waals surface area contributed by atoms with Crippen LogP contribution in [0.5, 0.6) is 11.5 Å². The number of methoxy groups -OCH3 is 1. The monoisotopic (exact) mass is 353 g/mol. The van der Waals surface area contributed by atoms with Crippen LogP contribution in [-0.4, -0.2) is 26.9 Å². The molecule has 2 N–H and O–H groups in total. The summed E-state index contributed by atoms with van der Waals surface area (Å²) in [6.45, 7) is 1.80. The highest BCUT2D eigenvalue weighted by atomic mass is 19.4. The van der Waals surface area contributed by atoms with Crippen LogP contribution in [0, 0.1) is 6.92 Å². The Morgan fingerprint density at radius 3 is 2.48 bits per heavy atom. The Hall–Kier alpha value is -2.90. The Kier molecular flexibility index (Phi) is 5.74. The normalized spacial score (nSPS) is 11.4. The summed E-state index contributed by atoms with van der Waals surface area (Å²) in [5, 5.41) is 5.74. The van der Waals surface area contributed by atoms with Crippen molar-refractivity contribution in [2.45, 2.75) is 13.3 Å². The summed E-state index contributed by atoms with van der Waals surface area (Å²) in [5.74, 6) is 0.197. The number of para-hydroxylation sites is 2. The van der Waals surface area contributed by atoms with Crippen LogP contribution in [0.1, 0.15) is 5.56 Å². The molecule has 0 heterocycles. The van der Waals surface area contributed by atoms with Crippen molar-refractivity contribution in [1.82, 2.24) is 5.32 Å². The molecule has 2 aromatic carbocycles. The van der Waals surface area contributed by atoms with E-state index >= 15 is 0 Å². The number of hydrogen-bond acceptors (Lipinski definition) is 4. The highest BCUT2D eigenvalue weighted by molar-refractivity contribution is 5.76. The van der Waals surface area contributed by atoms with Crippen LogP contribution in [0.15, 0.2) is 41.4 Å². The first-order chi connectivity index (χ1) is 11.8. The van der Waals surface area contributed by atoms with Crippen LogP contribution in [0.25, 0.3) is 0 Å². The largest absolute Gasteiger partial charge is 0.573 e. The number of ether oxygens (including phenoxy) is 2. The summed E-state index contributed by atoms with van der Waals surface area (Å²) in [5.41, 5.74) is 2.10. The molecule has 0 unspecified atom stereocenters. The van der Waals surface area contributed by atoms with Gasteiger partial charge in [-0.25, -0.2) is 4.99 Å². The molecule has 0 spiro atoms. The van der Waals surface area contributed by atoms with E-state index in [9.17, 15) is 13.2 Å². The van der Waals surface area contributed by atoms with Crippen LogP contribution in [0.2, 0.25) is 0 Å². The smallest absolute Gasteiger partial charge is 0.497 e. The average molecular weight is 353 g/mol. The zero-order chi connectivity index (χ0) is 18.4. The molecule has 0 aliphatic rings. The quantitative estimate of drug-likeness (QED) is 0.592. The van der Waals surface area contributed by atoms with Crippen molar-refractivity contribution in [1.29, 1.82) is 0 Å². The Morgan fingerprint density at radius 2 is 1.84 bits per heavy atom. The van der Waals surface area contributed by atoms with Gasteiger partial charge < -0.3 is 20.1 Å². The van der Waals surface area contributed by atoms with Crippen molar-refractivity contribution in [3.8, 4) is 11.5 Å². The number of nitrogens with zero attached hydrogens (tertiary/aromatic N) is 1. The van der Waals surface area contributed by atoms with Gasteiger partial charge in [-0.15, -0.1) is 13.2 Å². The molecule has 0 saturated carbocycles. The van der Waals surface area contributed by atoms with Crippen LogP contribution in [0.3, 0.4) is 0 Å². The maximum atomic E-state index is 12.6. The van der Waals surface area contributed by atoms with E-state index in [1.165, 1.54) is 31.6 Å². The van der Waals surface area contributed by atoms with Gasteiger partial charge in [-0.05, 0) is 24.6 Å². The zero-order valence-corrected chi connectivity index (χ0v) is 13.9. The predicted octanol–water partition coefficient (Wildman–Crippen LogP) is 4.53. The standard InChI is InChI=1S/C17H18F3N3O2/c1-11-14(22-10-21-2)8-12(24-3)9-15(11)23-13-6-4-5-7-16(13)25-17(18,19)20/h4-10,23H,1-3H3,(H,21,22). The fraction of sp³-hybridized carbons (Fsp3) is 0.235. The Balaban J connectivity index is 2.42. The summed E-state index contributed by atoms with van der Waals surface area (Å²) in [6, 6.07) is 9.22. The van der Waals surface area contributed by atoms with Crippen LogP contribution in [0.4, 0.5) is 30.2 Å². The first-order valence-electron chi connectivity index (χ1n) is 7.34. The van der Waals surface area contributed by atoms with Crippen molar-refractivity contribution >= 4 is 23.4 Å². The Morgan fingerprint density at radius 1 is 1.12 bits per heavy atom. The highest BCUT2D eigenvalue weighted by Gasteiger charge is 2.32. The van der Waals surface area contributed by atoms with Crippen molar-refractivity contribution in [2.24, 2.45) is 4.99 Å². The lowest BCUT2D eigenvalue weighted by Gasteiger charge is -2.17. The number of benzene rings is 2. The van der Waals surface area contributed by atoms with E-state index in [0.717, 1.165) is 5.56 Å². The minimum absolute atomic E-state index is 0.180. The van der Waals surface area contributed by atoms with Crippen LogP contribution in [-0.2, 0) is 0 Å². The van der Waals surface area contributed by atoms with E-state index < -0.39 is 6.36 Å². The summed E-state index contributed by atoms with van der Waals surface area (Å²) in [6.07, 6.45) is -3.27. The summed E-state index contributed by atoms with van der Waals surface area (Å²) >= 11 is 0. The van der Waals surface area contributed by atoms with Gasteiger partial charge in [-0.1, -0.05) is 12.1 Å². The topological polar surface area (TPSA) is 54.9 Å². The van der Waals surface area contributed by atoms with Crippen LogP contribution < -0.4 is 20.1 Å². The van der Waals surface area contributed by atoms with Gasteiger partial charge in [0.2, 0.25) is 0 Å². The molecule has 0 aliphatic carbocycles. The average Bonchev–Trinajstić information content (AvgIpc) is 2.56. The van der Waals surface area contributed by atoms with Crippen LogP contribution >= 0.6 is 0 Å². The van der Waals surface area contributed by atoms with Crippen molar-refractivity contribution in [3.05, 3.63) is 42.0 Å². The molecule has 0 bridgehead atoms. The molecule has 8 heteroatoms. The number of hydrogen-bond donors (Lipinski definition) is 2. The molecule has 2 aromatic rings. The maximum absolute atomic E-state index is 12.6. The maximum Gasteiger partial charge on any atom is 0.573 e. The second-order valence-electron chi connectivity index (χ2n) is 5.03. The fourth-order valence-corrected chi connectivity index (χ4v) is 2.12. The van der Waals surface area contributed by atoms with Gasteiger partial charge in [0.1, 0.15) is 5.75 Å². The zero-order valence-electron chi connectivity index (χ0n) is 13.9. The van der Waals surface area contributed by atoms with Crippen molar-refractivity contribution < 1.29 is 22.6 Å². The molecule has 0 radical (unpaired) electrons. The number of anilines is 2. The van der Waals surface area contributed by atoms with E-state index in [1.807, 2.05) is 0 Å². The molecule has 0 aliphatic heterocycles. The molecule has 134 valence electrons. The molecular formula is C17H18F3N3O2. The molecule has 0 atom stereocenters. The SMILES string of the molecule is CN/C=N\c1cc(OC)cc(Nc2ccccc2OC(F)(F)F)c1C. The Bertz CT molecular complexity index is 761. The minimum Gasteiger partial charge on any atom is -0.497 e. The molecule has 25 heavy (non-hydrogen) atoms. The van der Waals surface area contributed by atoms with Gasteiger partial charge in [0.05, 0.1) is 24.8 Å². The van der Waals surface area contributed by atoms with E-state index in [4.69, 9.17) is 4.74 Å². The molecule has 0 fully saturated rings. The Labute approximate surface area is 143 Å². The molecule has 0 aromatic heterocycles. The number of halogens is 3. The van der Waals surface area contributed by atoms with Gasteiger partial charge in [-0.3, -0.25) is 0 Å². The number of rotatable bonds is 6. The number of alkyl halides is 3. The summed E-state index contributed by atoms with van der Waals surface area (Å²) in [4.78, 5) is 4.25. The predicted molar refractivity (Wildman–Crippen MR) is 91.4 cm³/mol. The van der Waals surface area contributed by atoms with Gasteiger partial charge in [0, 0.05) is 24.9 Å². The molecule has 2 rings (SSSR count). The fourth-order valence-electron chi connectivity index (χ4n) is 2.12. The van der Waals surface area contributed by atoms with Gasteiger partial charge in [0.25, 0.3) is 0 Å². The van der Waals surface area contributed by atoms with Crippen molar-refractivity contribution in [2.75, 3.05) is 19.5 Å². The molecular weight excluding hydrogens is 335 g/mol. The minimum atomic E-state index is -4.77. The highest BCUT2D eigenvalue weighted by Crippen LogP contribution is 2.37. The molecule has 0 saturated heterocycles. The van der Waals surface area contributed by atoms with E-state index in [1.54, 1.807) is 32.2 Å². The summed E-state index contributed by atoms with van der Waals surface area (Å²) < 4.78 is 47.0. The first kappa shape index (κ1) is 18.4. The third-order valence-electron chi connectivity index (χ3n) is 3.30. The van der Waals surface area contributed by atoms with Gasteiger partial charge in [-0.2, -0.15) is 0 Å². The lowest BCUT2D eigenvalue weighted by Crippen LogP contribution is -2.17. The molecule has 5 nitrogen and oxygen atoms in total. The van der Waals surface area contributed by atoms with E-state index in [0.29, 0.717) is 17.1 Å². The number of nitrogens with one attached hydrogen (secondary N) is 2. The second kappa shape index (κ2) is 7.78. The van der Waals surface area contributed by atoms with Crippen molar-refractivity contribution in [3.63, 3.8) is 0 Å². The lowest BCUT2D eigenvalue weighted by atomic mass is 10.1. The third-order valence-corrected chi connectivity index (χ3v) is 3.30. The van der Waals surface area contributed by atoms with Gasteiger partial charge >= 0.3 is 6.36 Å². The third kappa shape index (κ3) is 5.03.